The Morgan fingerprint density at radius 2 is 1.71 bits per heavy atom. The number of nitrogens with zero attached hydrogens (tertiary/aromatic N) is 1. The van der Waals surface area contributed by atoms with E-state index in [0.29, 0.717) is 35.5 Å². The lowest BCUT2D eigenvalue weighted by Gasteiger charge is -2.35. The number of aromatic amines is 1. The summed E-state index contributed by atoms with van der Waals surface area (Å²) in [6.45, 7) is 0. The fourth-order valence-electron chi connectivity index (χ4n) is 4.29. The van der Waals surface area contributed by atoms with Gasteiger partial charge in [-0.3, -0.25) is 14.7 Å². The summed E-state index contributed by atoms with van der Waals surface area (Å²) in [5, 5.41) is 6.32. The van der Waals surface area contributed by atoms with Crippen LogP contribution in [0, 0.1) is 11.7 Å². The van der Waals surface area contributed by atoms with E-state index in [9.17, 15) is 14.0 Å². The van der Waals surface area contributed by atoms with Crippen LogP contribution >= 0.6 is 0 Å². The number of para-hydroxylation sites is 1. The van der Waals surface area contributed by atoms with Gasteiger partial charge in [-0.1, -0.05) is 42.5 Å². The standard InChI is InChI=1S/C22H18FN3O2/c23-15-10-5-4-9-14(15)18-19-16(11-6-12-17(19)27)24-21-20(18)22(28)26(25-21)13-7-2-1-3-8-13/h1-5,7-11,18-19,24-25H,6,12H2/t18-,19-/m1/s1. The van der Waals surface area contributed by atoms with Crippen molar-refractivity contribution in [3.63, 3.8) is 0 Å². The fourth-order valence-corrected chi connectivity index (χ4v) is 4.29. The molecule has 0 saturated heterocycles. The number of benzene rings is 2. The lowest BCUT2D eigenvalue weighted by atomic mass is 9.72. The Balaban J connectivity index is 1.78. The Hall–Kier alpha value is -3.41. The number of carbonyl (C=O) groups is 1. The lowest BCUT2D eigenvalue weighted by Crippen LogP contribution is -2.37. The molecular weight excluding hydrogens is 357 g/mol. The van der Waals surface area contributed by atoms with Gasteiger partial charge in [0.05, 0.1) is 17.2 Å². The van der Waals surface area contributed by atoms with Crippen LogP contribution in [0.2, 0.25) is 0 Å². The Labute approximate surface area is 160 Å². The van der Waals surface area contributed by atoms with E-state index in [0.717, 1.165) is 5.70 Å². The highest BCUT2D eigenvalue weighted by Gasteiger charge is 2.43. The smallest absolute Gasteiger partial charge is 0.277 e. The van der Waals surface area contributed by atoms with Gasteiger partial charge in [-0.25, -0.2) is 9.07 Å². The van der Waals surface area contributed by atoms with Crippen molar-refractivity contribution in [2.45, 2.75) is 18.8 Å². The highest BCUT2D eigenvalue weighted by Crippen LogP contribution is 2.45. The molecule has 140 valence electrons. The highest BCUT2D eigenvalue weighted by molar-refractivity contribution is 5.89. The van der Waals surface area contributed by atoms with Crippen molar-refractivity contribution >= 4 is 11.6 Å². The maximum atomic E-state index is 14.7. The van der Waals surface area contributed by atoms with Gasteiger partial charge >= 0.3 is 0 Å². The van der Waals surface area contributed by atoms with Crippen LogP contribution in [0.15, 0.2) is 71.2 Å². The molecule has 0 bridgehead atoms. The molecule has 5 rings (SSSR count). The molecule has 2 heterocycles. The molecule has 2 atom stereocenters. The summed E-state index contributed by atoms with van der Waals surface area (Å²) in [6.07, 6.45) is 3.01. The first kappa shape index (κ1) is 16.7. The summed E-state index contributed by atoms with van der Waals surface area (Å²) < 4.78 is 16.2. The molecule has 0 radical (unpaired) electrons. The number of fused-ring (bicyclic) bond motifs is 2. The number of aromatic nitrogens is 2. The van der Waals surface area contributed by atoms with E-state index in [-0.39, 0.29) is 11.3 Å². The molecular formula is C22H18FN3O2. The second-order valence-corrected chi connectivity index (χ2v) is 7.14. The third-order valence-electron chi connectivity index (χ3n) is 5.53. The topological polar surface area (TPSA) is 66.9 Å². The van der Waals surface area contributed by atoms with Gasteiger partial charge in [0.1, 0.15) is 17.4 Å². The predicted molar refractivity (Wildman–Crippen MR) is 104 cm³/mol. The number of anilines is 1. The van der Waals surface area contributed by atoms with Crippen molar-refractivity contribution in [2.24, 2.45) is 5.92 Å². The fraction of sp³-hybridized carbons (Fsp3) is 0.182. The third kappa shape index (κ3) is 2.45. The van der Waals surface area contributed by atoms with Crippen molar-refractivity contribution in [1.29, 1.82) is 0 Å². The zero-order chi connectivity index (χ0) is 19.3. The maximum absolute atomic E-state index is 14.7. The summed E-state index contributed by atoms with van der Waals surface area (Å²) >= 11 is 0. The minimum Gasteiger partial charge on any atom is -0.343 e. The van der Waals surface area contributed by atoms with Gasteiger partial charge in [0.15, 0.2) is 0 Å². The molecule has 0 unspecified atom stereocenters. The molecule has 2 aromatic carbocycles. The normalized spacial score (nSPS) is 20.8. The number of allylic oxidation sites excluding steroid dienone is 2. The van der Waals surface area contributed by atoms with Gasteiger partial charge in [-0.15, -0.1) is 0 Å². The molecule has 0 spiro atoms. The Morgan fingerprint density at radius 1 is 0.964 bits per heavy atom. The maximum Gasteiger partial charge on any atom is 0.277 e. The largest absolute Gasteiger partial charge is 0.343 e. The van der Waals surface area contributed by atoms with Crippen molar-refractivity contribution < 1.29 is 9.18 Å². The number of rotatable bonds is 2. The van der Waals surface area contributed by atoms with E-state index in [4.69, 9.17) is 0 Å². The Kier molecular flexibility index (Phi) is 3.79. The van der Waals surface area contributed by atoms with Crippen LogP contribution < -0.4 is 10.9 Å². The Morgan fingerprint density at radius 3 is 2.50 bits per heavy atom. The van der Waals surface area contributed by atoms with Crippen LogP contribution in [0.4, 0.5) is 10.2 Å². The van der Waals surface area contributed by atoms with Crippen LogP contribution in [-0.2, 0) is 4.79 Å². The highest BCUT2D eigenvalue weighted by atomic mass is 19.1. The zero-order valence-corrected chi connectivity index (χ0v) is 15.0. The van der Waals surface area contributed by atoms with E-state index in [1.54, 1.807) is 18.2 Å². The molecule has 0 saturated carbocycles. The molecule has 1 aromatic heterocycles. The van der Waals surface area contributed by atoms with Crippen LogP contribution in [0.1, 0.15) is 29.9 Å². The minimum absolute atomic E-state index is 0.0239. The summed E-state index contributed by atoms with van der Waals surface area (Å²) in [5.41, 5.74) is 1.90. The van der Waals surface area contributed by atoms with Crippen molar-refractivity contribution in [2.75, 3.05) is 5.32 Å². The average molecular weight is 375 g/mol. The first-order valence-corrected chi connectivity index (χ1v) is 9.29. The van der Waals surface area contributed by atoms with Gasteiger partial charge in [-0.2, -0.15) is 0 Å². The molecule has 2 N–H and O–H groups in total. The minimum atomic E-state index is -0.662. The number of Topliss-reactive ketones (excluding diaryl/α,β-unsaturated/α-hetero) is 1. The summed E-state index contributed by atoms with van der Waals surface area (Å²) in [7, 11) is 0. The van der Waals surface area contributed by atoms with E-state index in [1.807, 2.05) is 36.4 Å². The SMILES string of the molecule is O=C1CCC=C2Nc3[nH]n(-c4ccccc4)c(=O)c3[C@H](c3ccccc3F)[C@@H]12. The quantitative estimate of drug-likeness (QED) is 0.717. The average Bonchev–Trinajstić information content (AvgIpc) is 3.04. The lowest BCUT2D eigenvalue weighted by molar-refractivity contribution is -0.122. The predicted octanol–water partition coefficient (Wildman–Crippen LogP) is 3.73. The third-order valence-corrected chi connectivity index (χ3v) is 5.53. The van der Waals surface area contributed by atoms with E-state index < -0.39 is 17.7 Å². The molecule has 28 heavy (non-hydrogen) atoms. The zero-order valence-electron chi connectivity index (χ0n) is 15.0. The van der Waals surface area contributed by atoms with Crippen molar-refractivity contribution in [3.8, 4) is 5.69 Å². The van der Waals surface area contributed by atoms with Crippen molar-refractivity contribution in [3.05, 3.63) is 93.7 Å². The summed E-state index contributed by atoms with van der Waals surface area (Å²) in [6, 6.07) is 15.6. The van der Waals surface area contributed by atoms with E-state index in [1.165, 1.54) is 10.7 Å². The number of halogens is 1. The van der Waals surface area contributed by atoms with Gasteiger partial charge in [0.25, 0.3) is 5.56 Å². The number of nitrogens with one attached hydrogen (secondary N) is 2. The van der Waals surface area contributed by atoms with Gasteiger partial charge in [0, 0.05) is 18.0 Å². The molecule has 6 heteroatoms. The number of H-pyrrole nitrogens is 1. The Bertz CT molecular complexity index is 1160. The molecule has 2 aliphatic rings. The van der Waals surface area contributed by atoms with Gasteiger partial charge in [-0.05, 0) is 30.2 Å². The monoisotopic (exact) mass is 375 g/mol. The van der Waals surface area contributed by atoms with Crippen LogP contribution in [-0.4, -0.2) is 15.6 Å². The molecule has 0 fully saturated rings. The number of ketones is 1. The summed E-state index contributed by atoms with van der Waals surface area (Å²) in [5.74, 6) is -1.11. The molecule has 5 nitrogen and oxygen atoms in total. The number of carbonyl (C=O) groups excluding carboxylic acids is 1. The van der Waals surface area contributed by atoms with Crippen LogP contribution in [0.3, 0.4) is 0 Å². The van der Waals surface area contributed by atoms with E-state index in [2.05, 4.69) is 10.4 Å². The molecule has 0 amide bonds. The molecule has 3 aromatic rings. The van der Waals surface area contributed by atoms with Crippen LogP contribution in [0.5, 0.6) is 0 Å². The second-order valence-electron chi connectivity index (χ2n) is 7.14. The van der Waals surface area contributed by atoms with Crippen LogP contribution in [0.25, 0.3) is 5.69 Å². The molecule has 1 aliphatic carbocycles. The number of hydrogen-bond acceptors (Lipinski definition) is 3. The number of hydrogen-bond donors (Lipinski definition) is 2. The van der Waals surface area contributed by atoms with E-state index >= 15 is 0 Å². The van der Waals surface area contributed by atoms with Crippen molar-refractivity contribution in [1.82, 2.24) is 9.78 Å². The second kappa shape index (κ2) is 6.34. The molecule has 1 aliphatic heterocycles. The first-order chi connectivity index (χ1) is 13.6. The van der Waals surface area contributed by atoms with Gasteiger partial charge < -0.3 is 5.32 Å². The van der Waals surface area contributed by atoms with Gasteiger partial charge in [0.2, 0.25) is 0 Å². The first-order valence-electron chi connectivity index (χ1n) is 9.29. The summed E-state index contributed by atoms with van der Waals surface area (Å²) in [4.78, 5) is 26.1.